The molecule has 0 atom stereocenters. The monoisotopic (exact) mass is 295 g/mol. The lowest BCUT2D eigenvalue weighted by molar-refractivity contribution is 0.205. The summed E-state index contributed by atoms with van der Waals surface area (Å²) < 4.78 is 2.30. The van der Waals surface area contributed by atoms with Crippen molar-refractivity contribution in [1.29, 1.82) is 0 Å². The number of rotatable bonds is 3. The maximum Gasteiger partial charge on any atom is 0.139 e. The Labute approximate surface area is 130 Å². The fraction of sp³-hybridized carbons (Fsp3) is 0.412. The molecule has 0 spiro atoms. The van der Waals surface area contributed by atoms with Crippen molar-refractivity contribution in [2.45, 2.75) is 19.4 Å². The van der Waals surface area contributed by atoms with Crippen LogP contribution in [0.3, 0.4) is 0 Å². The van der Waals surface area contributed by atoms with E-state index in [0.717, 1.165) is 34.8 Å². The highest BCUT2D eigenvalue weighted by Crippen LogP contribution is 2.25. The number of imidazole rings is 1. The molecule has 0 bridgehead atoms. The quantitative estimate of drug-likeness (QED) is 0.808. The molecule has 3 heterocycles. The maximum atomic E-state index is 4.58. The first-order chi connectivity index (χ1) is 10.8. The fourth-order valence-electron chi connectivity index (χ4n) is 3.32. The number of likely N-dealkylation sites (tertiary alicyclic amines) is 1. The molecule has 0 radical (unpaired) electrons. The van der Waals surface area contributed by atoms with Crippen LogP contribution in [-0.2, 0) is 6.54 Å². The summed E-state index contributed by atoms with van der Waals surface area (Å²) in [4.78, 5) is 6.99. The van der Waals surface area contributed by atoms with Crippen LogP contribution in [0.25, 0.3) is 22.3 Å². The van der Waals surface area contributed by atoms with E-state index in [1.807, 2.05) is 12.4 Å². The summed E-state index contributed by atoms with van der Waals surface area (Å²) in [5.74, 6) is 1.80. The molecule has 1 aliphatic rings. The number of hydrogen-bond acceptors (Lipinski definition) is 3. The number of aromatic amines is 1. The molecular formula is C17H21N5. The Balaban J connectivity index is 1.59. The molecule has 114 valence electrons. The molecule has 0 saturated carbocycles. The summed E-state index contributed by atoms with van der Waals surface area (Å²) in [6.45, 7) is 3.47. The van der Waals surface area contributed by atoms with E-state index in [1.54, 1.807) is 0 Å². The molecule has 1 fully saturated rings. The lowest BCUT2D eigenvalue weighted by Crippen LogP contribution is -2.31. The highest BCUT2D eigenvalue weighted by Gasteiger charge is 2.18. The van der Waals surface area contributed by atoms with E-state index in [1.165, 1.54) is 25.9 Å². The number of aromatic nitrogens is 4. The lowest BCUT2D eigenvalue weighted by Gasteiger charge is -2.29. The van der Waals surface area contributed by atoms with E-state index in [-0.39, 0.29) is 0 Å². The Morgan fingerprint density at radius 2 is 2.14 bits per heavy atom. The van der Waals surface area contributed by atoms with Crippen LogP contribution in [0, 0.1) is 5.92 Å². The minimum atomic E-state index is 0.750. The van der Waals surface area contributed by atoms with E-state index in [0.29, 0.717) is 0 Å². The Morgan fingerprint density at radius 3 is 3.00 bits per heavy atom. The van der Waals surface area contributed by atoms with Gasteiger partial charge in [0.25, 0.3) is 0 Å². The second-order valence-electron chi connectivity index (χ2n) is 6.32. The summed E-state index contributed by atoms with van der Waals surface area (Å²) >= 11 is 0. The smallest absolute Gasteiger partial charge is 0.139 e. The van der Waals surface area contributed by atoms with Gasteiger partial charge in [0.1, 0.15) is 5.82 Å². The van der Waals surface area contributed by atoms with Crippen molar-refractivity contribution >= 4 is 10.9 Å². The number of nitrogens with zero attached hydrogens (tertiary/aromatic N) is 4. The molecule has 1 aliphatic heterocycles. The van der Waals surface area contributed by atoms with E-state index < -0.39 is 0 Å². The number of hydrogen-bond donors (Lipinski definition) is 1. The summed E-state index contributed by atoms with van der Waals surface area (Å²) in [7, 11) is 2.21. The highest BCUT2D eigenvalue weighted by atomic mass is 15.1. The predicted molar refractivity (Wildman–Crippen MR) is 87.5 cm³/mol. The van der Waals surface area contributed by atoms with Crippen LogP contribution in [-0.4, -0.2) is 44.8 Å². The predicted octanol–water partition coefficient (Wildman–Crippen LogP) is 2.77. The van der Waals surface area contributed by atoms with Gasteiger partial charge in [-0.05, 0) is 45.0 Å². The normalized spacial score (nSPS) is 17.3. The van der Waals surface area contributed by atoms with E-state index in [9.17, 15) is 0 Å². The third-order valence-electron chi connectivity index (χ3n) is 4.71. The standard InChI is InChI=1S/C17H21N5/c1-21-7-4-13(5-8-21)12-22-9-6-18-17(22)14-2-3-15-11-19-20-16(15)10-14/h2-3,6,9-11,13H,4-5,7-8,12H2,1H3,(H,19,20). The average molecular weight is 295 g/mol. The van der Waals surface area contributed by atoms with Gasteiger partial charge in [0.2, 0.25) is 0 Å². The van der Waals surface area contributed by atoms with E-state index >= 15 is 0 Å². The topological polar surface area (TPSA) is 49.7 Å². The molecule has 3 aromatic rings. The van der Waals surface area contributed by atoms with Crippen LogP contribution in [0.4, 0.5) is 0 Å². The zero-order valence-electron chi connectivity index (χ0n) is 12.9. The summed E-state index contributed by atoms with van der Waals surface area (Å²) in [6, 6.07) is 6.36. The minimum absolute atomic E-state index is 0.750. The molecule has 1 N–H and O–H groups in total. The van der Waals surface area contributed by atoms with E-state index in [4.69, 9.17) is 0 Å². The number of piperidine rings is 1. The Hall–Kier alpha value is -2.14. The molecule has 1 aromatic carbocycles. The van der Waals surface area contributed by atoms with Gasteiger partial charge >= 0.3 is 0 Å². The molecule has 0 unspecified atom stereocenters. The first-order valence-corrected chi connectivity index (χ1v) is 7.93. The lowest BCUT2D eigenvalue weighted by atomic mass is 9.97. The molecule has 22 heavy (non-hydrogen) atoms. The molecule has 0 amide bonds. The van der Waals surface area contributed by atoms with Gasteiger partial charge in [0, 0.05) is 29.9 Å². The maximum absolute atomic E-state index is 4.58. The third-order valence-corrected chi connectivity index (χ3v) is 4.71. The van der Waals surface area contributed by atoms with Crippen molar-refractivity contribution in [2.24, 2.45) is 5.92 Å². The van der Waals surface area contributed by atoms with Crippen LogP contribution >= 0.6 is 0 Å². The molecule has 2 aromatic heterocycles. The van der Waals surface area contributed by atoms with Gasteiger partial charge in [-0.2, -0.15) is 5.10 Å². The van der Waals surface area contributed by atoms with Gasteiger partial charge in [-0.1, -0.05) is 12.1 Å². The van der Waals surface area contributed by atoms with Crippen molar-refractivity contribution in [2.75, 3.05) is 20.1 Å². The minimum Gasteiger partial charge on any atom is -0.331 e. The molecule has 1 saturated heterocycles. The summed E-state index contributed by atoms with van der Waals surface area (Å²) in [6.07, 6.45) is 8.40. The zero-order valence-corrected chi connectivity index (χ0v) is 12.9. The van der Waals surface area contributed by atoms with Crippen LogP contribution in [0.15, 0.2) is 36.8 Å². The number of fused-ring (bicyclic) bond motifs is 1. The van der Waals surface area contributed by atoms with Crippen LogP contribution < -0.4 is 0 Å². The van der Waals surface area contributed by atoms with Crippen molar-refractivity contribution in [3.05, 3.63) is 36.8 Å². The van der Waals surface area contributed by atoms with E-state index in [2.05, 4.69) is 56.1 Å². The Kier molecular flexibility index (Phi) is 3.42. The molecule has 0 aliphatic carbocycles. The summed E-state index contributed by atoms with van der Waals surface area (Å²) in [5.41, 5.74) is 2.21. The number of benzene rings is 1. The Bertz CT molecular complexity index is 764. The van der Waals surface area contributed by atoms with Crippen LogP contribution in [0.1, 0.15) is 12.8 Å². The second kappa shape index (κ2) is 5.57. The average Bonchev–Trinajstić information content (AvgIpc) is 3.17. The number of nitrogens with one attached hydrogen (secondary N) is 1. The van der Waals surface area contributed by atoms with Gasteiger partial charge in [-0.3, -0.25) is 5.10 Å². The van der Waals surface area contributed by atoms with Gasteiger partial charge < -0.3 is 9.47 Å². The number of H-pyrrole nitrogens is 1. The molecule has 4 rings (SSSR count). The fourth-order valence-corrected chi connectivity index (χ4v) is 3.32. The van der Waals surface area contributed by atoms with Crippen LogP contribution in [0.2, 0.25) is 0 Å². The Morgan fingerprint density at radius 1 is 1.27 bits per heavy atom. The van der Waals surface area contributed by atoms with Gasteiger partial charge in [0.15, 0.2) is 0 Å². The van der Waals surface area contributed by atoms with Crippen molar-refractivity contribution in [1.82, 2.24) is 24.6 Å². The van der Waals surface area contributed by atoms with Gasteiger partial charge in [-0.15, -0.1) is 0 Å². The first kappa shape index (κ1) is 13.5. The van der Waals surface area contributed by atoms with Crippen molar-refractivity contribution < 1.29 is 0 Å². The molecular weight excluding hydrogens is 274 g/mol. The molecule has 5 nitrogen and oxygen atoms in total. The van der Waals surface area contributed by atoms with Crippen molar-refractivity contribution in [3.63, 3.8) is 0 Å². The van der Waals surface area contributed by atoms with Crippen molar-refractivity contribution in [3.8, 4) is 11.4 Å². The van der Waals surface area contributed by atoms with Gasteiger partial charge in [-0.25, -0.2) is 4.98 Å². The second-order valence-corrected chi connectivity index (χ2v) is 6.32. The van der Waals surface area contributed by atoms with Gasteiger partial charge in [0.05, 0.1) is 11.7 Å². The SMILES string of the molecule is CN1CCC(Cn2ccnc2-c2ccc3cn[nH]c3c2)CC1. The highest BCUT2D eigenvalue weighted by molar-refractivity contribution is 5.82. The summed E-state index contributed by atoms with van der Waals surface area (Å²) in [5, 5.41) is 8.26. The first-order valence-electron chi connectivity index (χ1n) is 7.93. The third kappa shape index (κ3) is 2.52. The molecule has 5 heteroatoms. The zero-order chi connectivity index (χ0) is 14.9. The van der Waals surface area contributed by atoms with Crippen LogP contribution in [0.5, 0.6) is 0 Å². The largest absolute Gasteiger partial charge is 0.331 e.